The lowest BCUT2D eigenvalue weighted by atomic mass is 10.2. The minimum Gasteiger partial charge on any atom is -0.372 e. The van der Waals surface area contributed by atoms with E-state index in [-0.39, 0.29) is 18.3 Å². The number of benzene rings is 1. The van der Waals surface area contributed by atoms with Gasteiger partial charge in [0.2, 0.25) is 10.9 Å². The number of thiazole rings is 1. The molecule has 0 bridgehead atoms. The molecule has 8 heteroatoms. The maximum Gasteiger partial charge on any atom is 0.246 e. The van der Waals surface area contributed by atoms with E-state index in [0.717, 1.165) is 10.7 Å². The number of amides is 1. The maximum atomic E-state index is 13.3. The van der Waals surface area contributed by atoms with Gasteiger partial charge in [0.25, 0.3) is 0 Å². The number of ether oxygens (including phenoxy) is 1. The number of aromatic nitrogens is 3. The third kappa shape index (κ3) is 3.77. The van der Waals surface area contributed by atoms with Gasteiger partial charge < -0.3 is 10.1 Å². The molecule has 0 radical (unpaired) electrons. The third-order valence-electron chi connectivity index (χ3n) is 3.37. The zero-order chi connectivity index (χ0) is 16.9. The molecule has 1 N–H and O–H groups in total. The molecule has 0 atom stereocenters. The van der Waals surface area contributed by atoms with Crippen LogP contribution in [0, 0.1) is 5.82 Å². The number of rotatable bonds is 7. The fraction of sp³-hybridized carbons (Fsp3) is 0.312. The summed E-state index contributed by atoms with van der Waals surface area (Å²) in [6.45, 7) is 2.92. The fourth-order valence-corrected chi connectivity index (χ4v) is 3.08. The van der Waals surface area contributed by atoms with Gasteiger partial charge >= 0.3 is 0 Å². The smallest absolute Gasteiger partial charge is 0.246 e. The maximum absolute atomic E-state index is 13.3. The Hall–Kier alpha value is -2.32. The number of hydrogen-bond donors (Lipinski definition) is 1. The molecule has 2 heterocycles. The first-order chi connectivity index (χ1) is 11.7. The minimum absolute atomic E-state index is 0.0720. The average Bonchev–Trinajstić information content (AvgIpc) is 3.14. The van der Waals surface area contributed by atoms with Crippen molar-refractivity contribution in [2.75, 3.05) is 19.8 Å². The van der Waals surface area contributed by atoms with Gasteiger partial charge in [0, 0.05) is 30.5 Å². The summed E-state index contributed by atoms with van der Waals surface area (Å²) in [5, 5.41) is 9.20. The number of fused-ring (bicyclic) bond motifs is 1. The van der Waals surface area contributed by atoms with Crippen molar-refractivity contribution in [1.29, 1.82) is 0 Å². The third-order valence-corrected chi connectivity index (χ3v) is 4.24. The first-order valence-electron chi connectivity index (χ1n) is 7.61. The van der Waals surface area contributed by atoms with E-state index in [1.54, 1.807) is 16.6 Å². The number of carbonyl (C=O) groups is 1. The second-order valence-corrected chi connectivity index (χ2v) is 5.94. The van der Waals surface area contributed by atoms with Crippen molar-refractivity contribution in [3.8, 4) is 11.4 Å². The van der Waals surface area contributed by atoms with Crippen LogP contribution >= 0.6 is 11.3 Å². The first kappa shape index (κ1) is 16.5. The SMILES string of the molecule is CCOCC(=O)NCCc1csc2nc(-c3cccc(F)c3)nn12. The van der Waals surface area contributed by atoms with Gasteiger partial charge in [-0.05, 0) is 19.1 Å². The van der Waals surface area contributed by atoms with Crippen LogP contribution < -0.4 is 5.32 Å². The van der Waals surface area contributed by atoms with Crippen molar-refractivity contribution in [3.05, 3.63) is 41.2 Å². The monoisotopic (exact) mass is 348 g/mol. The number of nitrogens with one attached hydrogen (secondary N) is 1. The minimum atomic E-state index is -0.317. The van der Waals surface area contributed by atoms with E-state index in [4.69, 9.17) is 4.74 Å². The molecular weight excluding hydrogens is 331 g/mol. The van der Waals surface area contributed by atoms with Crippen LogP contribution in [0.5, 0.6) is 0 Å². The number of hydrogen-bond acceptors (Lipinski definition) is 5. The Morgan fingerprint density at radius 3 is 3.12 bits per heavy atom. The molecule has 1 aromatic carbocycles. The number of nitrogens with zero attached hydrogens (tertiary/aromatic N) is 3. The molecule has 0 fully saturated rings. The van der Waals surface area contributed by atoms with Crippen LogP contribution in [0.2, 0.25) is 0 Å². The molecule has 2 aromatic heterocycles. The standard InChI is InChI=1S/C16H17FN4O2S/c1-2-23-9-14(22)18-7-6-13-10-24-16-19-15(20-21(13)16)11-4-3-5-12(17)8-11/h3-5,8,10H,2,6-7,9H2,1H3,(H,18,22). The van der Waals surface area contributed by atoms with Crippen molar-refractivity contribution in [1.82, 2.24) is 19.9 Å². The summed E-state index contributed by atoms with van der Waals surface area (Å²) in [6.07, 6.45) is 0.629. The molecule has 0 saturated heterocycles. The van der Waals surface area contributed by atoms with Gasteiger partial charge in [0.1, 0.15) is 12.4 Å². The van der Waals surface area contributed by atoms with Crippen molar-refractivity contribution in [2.24, 2.45) is 0 Å². The van der Waals surface area contributed by atoms with Crippen molar-refractivity contribution in [2.45, 2.75) is 13.3 Å². The summed E-state index contributed by atoms with van der Waals surface area (Å²) >= 11 is 1.46. The van der Waals surface area contributed by atoms with Crippen LogP contribution in [0.15, 0.2) is 29.6 Å². The Balaban J connectivity index is 1.68. The van der Waals surface area contributed by atoms with E-state index >= 15 is 0 Å². The van der Waals surface area contributed by atoms with Crippen LogP contribution in [0.4, 0.5) is 4.39 Å². The zero-order valence-corrected chi connectivity index (χ0v) is 14.0. The van der Waals surface area contributed by atoms with Gasteiger partial charge in [-0.2, -0.15) is 4.98 Å². The Bertz CT molecular complexity index is 846. The van der Waals surface area contributed by atoms with Gasteiger partial charge in [-0.15, -0.1) is 16.4 Å². The van der Waals surface area contributed by atoms with Crippen molar-refractivity contribution in [3.63, 3.8) is 0 Å². The summed E-state index contributed by atoms with van der Waals surface area (Å²) in [6, 6.07) is 6.20. The van der Waals surface area contributed by atoms with Gasteiger partial charge in [-0.1, -0.05) is 12.1 Å². The summed E-state index contributed by atoms with van der Waals surface area (Å²) in [4.78, 5) is 16.7. The molecule has 0 spiro atoms. The fourth-order valence-electron chi connectivity index (χ4n) is 2.22. The lowest BCUT2D eigenvalue weighted by Crippen LogP contribution is -2.29. The molecule has 0 aliphatic heterocycles. The van der Waals surface area contributed by atoms with E-state index in [0.29, 0.717) is 31.0 Å². The van der Waals surface area contributed by atoms with Crippen LogP contribution in [0.1, 0.15) is 12.6 Å². The summed E-state index contributed by atoms with van der Waals surface area (Å²) in [5.74, 6) is 0.0354. The molecule has 0 aliphatic carbocycles. The largest absolute Gasteiger partial charge is 0.372 e. The molecule has 6 nitrogen and oxygen atoms in total. The molecule has 0 unspecified atom stereocenters. The lowest BCUT2D eigenvalue weighted by Gasteiger charge is -2.04. The van der Waals surface area contributed by atoms with Crippen molar-refractivity contribution < 1.29 is 13.9 Å². The molecule has 24 heavy (non-hydrogen) atoms. The Labute approximate surface area is 142 Å². The molecule has 3 aromatic rings. The predicted molar refractivity (Wildman–Crippen MR) is 89.5 cm³/mol. The lowest BCUT2D eigenvalue weighted by molar-refractivity contribution is -0.125. The van der Waals surface area contributed by atoms with Gasteiger partial charge in [0.05, 0.1) is 5.69 Å². The highest BCUT2D eigenvalue weighted by Gasteiger charge is 2.12. The zero-order valence-electron chi connectivity index (χ0n) is 13.2. The van der Waals surface area contributed by atoms with Gasteiger partial charge in [-0.25, -0.2) is 8.91 Å². The highest BCUT2D eigenvalue weighted by atomic mass is 32.1. The molecule has 0 aliphatic rings. The molecule has 0 saturated carbocycles. The molecule has 3 rings (SSSR count). The Morgan fingerprint density at radius 2 is 2.33 bits per heavy atom. The van der Waals surface area contributed by atoms with Crippen LogP contribution in [-0.4, -0.2) is 40.3 Å². The summed E-state index contributed by atoms with van der Waals surface area (Å²) in [7, 11) is 0. The highest BCUT2D eigenvalue weighted by molar-refractivity contribution is 7.15. The number of halogens is 1. The summed E-state index contributed by atoms with van der Waals surface area (Å²) < 4.78 is 20.1. The normalized spacial score (nSPS) is 11.1. The van der Waals surface area contributed by atoms with Crippen molar-refractivity contribution >= 4 is 22.2 Å². The molecular formula is C16H17FN4O2S. The highest BCUT2D eigenvalue weighted by Crippen LogP contribution is 2.21. The Morgan fingerprint density at radius 1 is 1.46 bits per heavy atom. The predicted octanol–water partition coefficient (Wildman–Crippen LogP) is 2.29. The number of carbonyl (C=O) groups excluding carboxylic acids is 1. The van der Waals surface area contributed by atoms with Gasteiger partial charge in [-0.3, -0.25) is 4.79 Å². The van der Waals surface area contributed by atoms with E-state index in [9.17, 15) is 9.18 Å². The quantitative estimate of drug-likeness (QED) is 0.711. The van der Waals surface area contributed by atoms with E-state index in [1.807, 2.05) is 12.3 Å². The van der Waals surface area contributed by atoms with Gasteiger partial charge in [0.15, 0.2) is 5.82 Å². The first-order valence-corrected chi connectivity index (χ1v) is 8.49. The van der Waals surface area contributed by atoms with Crippen LogP contribution in [0.3, 0.4) is 0 Å². The molecule has 126 valence electrons. The van der Waals surface area contributed by atoms with E-state index in [2.05, 4.69) is 15.4 Å². The average molecular weight is 348 g/mol. The Kier molecular flexibility index (Phi) is 5.17. The topological polar surface area (TPSA) is 68.5 Å². The van der Waals surface area contributed by atoms with E-state index in [1.165, 1.54) is 23.5 Å². The molecule has 1 amide bonds. The second kappa shape index (κ2) is 7.50. The van der Waals surface area contributed by atoms with Crippen LogP contribution in [0.25, 0.3) is 16.3 Å². The summed E-state index contributed by atoms with van der Waals surface area (Å²) in [5.41, 5.74) is 1.59. The van der Waals surface area contributed by atoms with E-state index < -0.39 is 0 Å². The van der Waals surface area contributed by atoms with Crippen LogP contribution in [-0.2, 0) is 16.0 Å². The second-order valence-electron chi connectivity index (χ2n) is 5.10.